The predicted molar refractivity (Wildman–Crippen MR) is 118 cm³/mol. The molecule has 1 aromatic carbocycles. The minimum absolute atomic E-state index is 0.0666. The van der Waals surface area contributed by atoms with Crippen molar-refractivity contribution < 1.29 is 23.0 Å². The molecular weight excluding hydrogens is 460 g/mol. The van der Waals surface area contributed by atoms with Crippen molar-refractivity contribution in [1.29, 1.82) is 0 Å². The van der Waals surface area contributed by atoms with Crippen LogP contribution in [0.25, 0.3) is 11.2 Å². The molecule has 3 rings (SSSR count). The van der Waals surface area contributed by atoms with Crippen molar-refractivity contribution >= 4 is 37.3 Å². The Balaban J connectivity index is 1.44. The van der Waals surface area contributed by atoms with Gasteiger partial charge in [0.05, 0.1) is 32.2 Å². The van der Waals surface area contributed by atoms with Gasteiger partial charge in [0.15, 0.2) is 11.5 Å². The molecule has 0 aliphatic heterocycles. The number of nitrogen functional groups attached to an aromatic ring is 1. The zero-order valence-corrected chi connectivity index (χ0v) is 19.1. The molecule has 0 saturated carbocycles. The molecule has 0 fully saturated rings. The van der Waals surface area contributed by atoms with Gasteiger partial charge in [0, 0.05) is 23.6 Å². The number of hydrogen-bond acceptors (Lipinski definition) is 8. The summed E-state index contributed by atoms with van der Waals surface area (Å²) in [5, 5.41) is 0.373. The third kappa shape index (κ3) is 6.40. The van der Waals surface area contributed by atoms with Gasteiger partial charge in [-0.2, -0.15) is 0 Å². The van der Waals surface area contributed by atoms with E-state index < -0.39 is 20.6 Å². The van der Waals surface area contributed by atoms with Gasteiger partial charge in [-0.1, -0.05) is 18.5 Å². The zero-order chi connectivity index (χ0) is 22.9. The number of nitrogens with two attached hydrogens (primary N) is 1. The van der Waals surface area contributed by atoms with E-state index >= 15 is 0 Å². The van der Waals surface area contributed by atoms with E-state index in [0.29, 0.717) is 48.2 Å². The molecule has 0 spiro atoms. The maximum atomic E-state index is 14.1. The summed E-state index contributed by atoms with van der Waals surface area (Å²) in [5.41, 5.74) is 7.29. The molecule has 2 N–H and O–H groups in total. The third-order valence-electron chi connectivity index (χ3n) is 4.87. The Morgan fingerprint density at radius 1 is 1.25 bits per heavy atom. The Morgan fingerprint density at radius 3 is 2.88 bits per heavy atom. The van der Waals surface area contributed by atoms with Gasteiger partial charge in [-0.15, -0.1) is 0 Å². The normalized spacial score (nSPS) is 13.6. The number of aromatic nitrogens is 4. The van der Waals surface area contributed by atoms with Crippen LogP contribution in [0.2, 0.25) is 5.02 Å². The van der Waals surface area contributed by atoms with Crippen LogP contribution in [0.3, 0.4) is 0 Å². The summed E-state index contributed by atoms with van der Waals surface area (Å²) >= 11 is 5.93. The molecule has 0 radical (unpaired) electrons. The number of imidazole rings is 1. The Kier molecular flexibility index (Phi) is 9.25. The maximum Gasteiger partial charge on any atom is 0.327 e. The second kappa shape index (κ2) is 12.1. The van der Waals surface area contributed by atoms with Gasteiger partial charge in [0.2, 0.25) is 0 Å². The average molecular weight is 484 g/mol. The first-order valence-corrected chi connectivity index (χ1v) is 11.2. The number of hydrogen-bond donors (Lipinski definition) is 1. The highest BCUT2D eigenvalue weighted by atomic mass is 35.5. The smallest absolute Gasteiger partial charge is 0.327 e. The number of benzene rings is 1. The highest BCUT2D eigenvalue weighted by Gasteiger charge is 2.18. The van der Waals surface area contributed by atoms with E-state index in [1.807, 2.05) is 11.5 Å². The molecule has 3 aromatic rings. The summed E-state index contributed by atoms with van der Waals surface area (Å²) < 4.78 is 43.4. The van der Waals surface area contributed by atoms with Gasteiger partial charge < -0.3 is 19.8 Å². The number of fused-ring (bicyclic) bond motifs is 1. The van der Waals surface area contributed by atoms with E-state index in [-0.39, 0.29) is 18.3 Å². The van der Waals surface area contributed by atoms with Crippen LogP contribution >= 0.6 is 20.3 Å². The summed E-state index contributed by atoms with van der Waals surface area (Å²) in [5.74, 6) is -0.135. The highest BCUT2D eigenvalue weighted by Crippen LogP contribution is 2.29. The first-order valence-electron chi connectivity index (χ1n) is 10.1. The maximum absolute atomic E-state index is 14.1. The lowest BCUT2D eigenvalue weighted by atomic mass is 10.1. The minimum Gasteiger partial charge on any atom is -0.382 e. The topological polar surface area (TPSA) is 114 Å². The molecule has 172 valence electrons. The molecule has 0 saturated heterocycles. The largest absolute Gasteiger partial charge is 0.382 e. The monoisotopic (exact) mass is 483 g/mol. The Labute approximate surface area is 191 Å². The van der Waals surface area contributed by atoms with Crippen molar-refractivity contribution in [3.8, 4) is 0 Å². The number of ether oxygens (including phenoxy) is 2. The van der Waals surface area contributed by atoms with Crippen molar-refractivity contribution in [2.75, 3.05) is 25.6 Å². The summed E-state index contributed by atoms with van der Waals surface area (Å²) in [6.45, 7) is 3.58. The molecule has 2 heterocycles. The molecule has 0 bridgehead atoms. The molecule has 32 heavy (non-hydrogen) atoms. The van der Waals surface area contributed by atoms with Crippen LogP contribution in [0.1, 0.15) is 31.4 Å². The van der Waals surface area contributed by atoms with Crippen LogP contribution in [0.5, 0.6) is 0 Å². The molecular formula is C20H24ClFN5O4P. The minimum atomic E-state index is -0.735. The summed E-state index contributed by atoms with van der Waals surface area (Å²) in [7, 11) is -0.542. The summed E-state index contributed by atoms with van der Waals surface area (Å²) in [4.78, 5) is 12.4. The van der Waals surface area contributed by atoms with Crippen molar-refractivity contribution in [2.45, 2.75) is 38.5 Å². The van der Waals surface area contributed by atoms with Crippen LogP contribution < -0.4 is 5.73 Å². The first-order chi connectivity index (χ1) is 15.5. The van der Waals surface area contributed by atoms with E-state index in [0.717, 1.165) is 6.42 Å². The Morgan fingerprint density at radius 2 is 2.09 bits per heavy atom. The van der Waals surface area contributed by atoms with Gasteiger partial charge in [-0.25, -0.2) is 23.9 Å². The third-order valence-corrected chi connectivity index (χ3v) is 5.44. The molecule has 2 aromatic heterocycles. The predicted octanol–water partition coefficient (Wildman–Crippen LogP) is 4.37. The lowest BCUT2D eigenvalue weighted by Gasteiger charge is -2.18. The second-order valence-corrected chi connectivity index (χ2v) is 7.76. The van der Waals surface area contributed by atoms with Crippen molar-refractivity contribution in [2.24, 2.45) is 0 Å². The van der Waals surface area contributed by atoms with Gasteiger partial charge >= 0.3 is 8.69 Å². The Bertz CT molecular complexity index is 1040. The lowest BCUT2D eigenvalue weighted by Crippen LogP contribution is -2.21. The molecule has 0 unspecified atom stereocenters. The number of nitrogens with zero attached hydrogens (tertiary/aromatic N) is 4. The van der Waals surface area contributed by atoms with Crippen LogP contribution in [0.4, 0.5) is 10.2 Å². The van der Waals surface area contributed by atoms with Crippen molar-refractivity contribution in [3.05, 3.63) is 47.3 Å². The number of rotatable bonds is 13. The van der Waals surface area contributed by atoms with Crippen molar-refractivity contribution in [3.63, 3.8) is 0 Å². The zero-order valence-electron chi connectivity index (χ0n) is 17.5. The second-order valence-electron chi connectivity index (χ2n) is 6.96. The van der Waals surface area contributed by atoms with E-state index in [1.54, 1.807) is 6.33 Å². The molecule has 12 heteroatoms. The first kappa shape index (κ1) is 24.4. The van der Waals surface area contributed by atoms with E-state index in [9.17, 15) is 8.96 Å². The molecule has 0 aliphatic carbocycles. The Hall–Kier alpha value is -2.23. The number of anilines is 1. The van der Waals surface area contributed by atoms with E-state index in [2.05, 4.69) is 15.0 Å². The van der Waals surface area contributed by atoms with E-state index in [1.165, 1.54) is 24.5 Å². The van der Waals surface area contributed by atoms with Crippen LogP contribution in [-0.2, 0) is 25.1 Å². The average Bonchev–Trinajstić information content (AvgIpc) is 3.20. The molecule has 2 atom stereocenters. The van der Waals surface area contributed by atoms with Gasteiger partial charge in [0.25, 0.3) is 0 Å². The van der Waals surface area contributed by atoms with Crippen LogP contribution in [-0.4, -0.2) is 45.4 Å². The summed E-state index contributed by atoms with van der Waals surface area (Å²) in [6, 6.07) is 4.15. The standard InChI is InChI=1S/C20H24ClFN5O4P/c1-2-14(10-27-12-26-18-19(23)24-11-25-20(18)27)30-8-7-29-6-5-17(31-32-28)15-9-13(21)3-4-16(15)22/h3-4,9,11-12,14,17H,2,5-8,10H2,1H3,(H2,23,24,25)/t14-,17+/m1/s1. The SMILES string of the molecule is CC[C@H](Cn1cnc2c(N)ncnc21)OCCOCC[C@H](OP=O)c1cc(Cl)ccc1F. The molecule has 9 nitrogen and oxygen atoms in total. The summed E-state index contributed by atoms with van der Waals surface area (Å²) in [6.07, 6.45) is 3.37. The van der Waals surface area contributed by atoms with E-state index in [4.69, 9.17) is 31.3 Å². The van der Waals surface area contributed by atoms with Crippen LogP contribution in [0, 0.1) is 5.82 Å². The fourth-order valence-corrected chi connectivity index (χ4v) is 3.70. The fraction of sp³-hybridized carbons (Fsp3) is 0.450. The lowest BCUT2D eigenvalue weighted by molar-refractivity contribution is -0.00774. The molecule has 0 amide bonds. The van der Waals surface area contributed by atoms with Crippen molar-refractivity contribution in [1.82, 2.24) is 19.5 Å². The number of halogens is 2. The van der Waals surface area contributed by atoms with Crippen LogP contribution in [0.15, 0.2) is 30.9 Å². The van der Waals surface area contributed by atoms with Gasteiger partial charge in [0.1, 0.15) is 23.8 Å². The highest BCUT2D eigenvalue weighted by molar-refractivity contribution is 7.17. The quantitative estimate of drug-likeness (QED) is 0.281. The van der Waals surface area contributed by atoms with Gasteiger partial charge in [-0.05, 0) is 24.6 Å². The van der Waals surface area contributed by atoms with Gasteiger partial charge in [-0.3, -0.25) is 4.52 Å². The fourth-order valence-electron chi connectivity index (χ4n) is 3.20. The molecule has 0 aliphatic rings.